The van der Waals surface area contributed by atoms with Crippen LogP contribution in [0.2, 0.25) is 0 Å². The fourth-order valence-electron chi connectivity index (χ4n) is 12.1. The highest BCUT2D eigenvalue weighted by Crippen LogP contribution is 2.63. The number of hydrogen-bond donors (Lipinski definition) is 0. The normalized spacial score (nSPS) is 16.6. The summed E-state index contributed by atoms with van der Waals surface area (Å²) in [6.07, 6.45) is 0. The van der Waals surface area contributed by atoms with Crippen LogP contribution in [-0.4, -0.2) is 0 Å². The summed E-state index contributed by atoms with van der Waals surface area (Å²) in [5.74, 6) is 0. The van der Waals surface area contributed by atoms with Crippen LogP contribution in [0.1, 0.15) is 233 Å². The highest BCUT2D eigenvalue weighted by molar-refractivity contribution is 6.05. The van der Waals surface area contributed by atoms with Gasteiger partial charge in [-0.25, -0.2) is 0 Å². The Bertz CT molecular complexity index is 2810. The van der Waals surface area contributed by atoms with Crippen molar-refractivity contribution < 1.29 is 0 Å². The molecule has 0 fully saturated rings. The molecule has 9 rings (SSSR count). The minimum Gasteiger partial charge on any atom is -0.309 e. The van der Waals surface area contributed by atoms with E-state index < -0.39 is 0 Å². The zero-order chi connectivity index (χ0) is 51.8. The first-order chi connectivity index (χ1) is 31.8. The number of benzene rings is 6. The Morgan fingerprint density at radius 3 is 0.657 bits per heavy atom. The summed E-state index contributed by atoms with van der Waals surface area (Å²) < 4.78 is 0. The highest BCUT2D eigenvalue weighted by atomic mass is 15.2. The molecule has 0 spiro atoms. The van der Waals surface area contributed by atoms with Gasteiger partial charge in [0.05, 0.1) is 17.1 Å². The molecule has 0 saturated heterocycles. The van der Waals surface area contributed by atoms with Crippen LogP contribution in [0.3, 0.4) is 0 Å². The van der Waals surface area contributed by atoms with Crippen LogP contribution in [0.25, 0.3) is 33.4 Å². The topological polar surface area (TPSA) is 3.24 Å². The fraction of sp³-hybridized carbons (Fsp3) is 0.478. The monoisotopic (exact) mass is 930 g/mol. The molecule has 0 N–H and O–H groups in total. The van der Waals surface area contributed by atoms with Crippen LogP contribution in [0.5, 0.6) is 0 Å². The highest BCUT2D eigenvalue weighted by Gasteiger charge is 2.46. The molecule has 0 aromatic heterocycles. The van der Waals surface area contributed by atoms with Gasteiger partial charge in [0.2, 0.25) is 0 Å². The lowest BCUT2D eigenvalue weighted by atomic mass is 9.76. The summed E-state index contributed by atoms with van der Waals surface area (Å²) in [6, 6.07) is 37.9. The molecule has 0 aliphatic heterocycles. The van der Waals surface area contributed by atoms with E-state index in [1.54, 1.807) is 0 Å². The van der Waals surface area contributed by atoms with E-state index in [1.807, 2.05) is 0 Å². The summed E-state index contributed by atoms with van der Waals surface area (Å²) in [5, 5.41) is 0. The lowest BCUT2D eigenvalue weighted by Crippen LogP contribution is -2.23. The van der Waals surface area contributed by atoms with Crippen LogP contribution in [-0.2, 0) is 48.7 Å². The second-order valence-corrected chi connectivity index (χ2v) is 29.7. The summed E-state index contributed by atoms with van der Waals surface area (Å²) >= 11 is 0. The first-order valence-corrected chi connectivity index (χ1v) is 26.6. The SMILES string of the molecule is CC(C)(C)c1ccc2c(c1)C(C)(C)c1cc(C(C)(C)C)cc(N(c3cc(C(C)(C)C)cc4c3-c3ccc(C(C)(C)C)cc3C4(C)C)c3cc(C(C)(C)C)cc4c3-c3ccc(C(C)(C)C)cc3C4(C)C)c1-2. The van der Waals surface area contributed by atoms with Crippen molar-refractivity contribution >= 4 is 17.1 Å². The molecule has 70 heavy (non-hydrogen) atoms. The van der Waals surface area contributed by atoms with Crippen molar-refractivity contribution in [1.82, 2.24) is 0 Å². The Morgan fingerprint density at radius 2 is 0.457 bits per heavy atom. The molecule has 0 heterocycles. The van der Waals surface area contributed by atoms with E-state index in [-0.39, 0.29) is 48.7 Å². The van der Waals surface area contributed by atoms with Crippen molar-refractivity contribution in [2.24, 2.45) is 0 Å². The maximum atomic E-state index is 2.82. The standard InChI is InChI=1S/C69H87N/c1-61(2,3)40-25-28-46-49(31-40)67(19,20)52-34-43(64(10,11)12)37-55(58(46)52)70(56-38-44(65(13,14)15)35-53-59(56)47-29-26-41(62(4,5)6)32-50(47)68(53,21)22)57-39-45(66(16,17)18)36-54-60(57)48-30-27-42(63(7,8)9)33-51(48)69(54,23)24/h25-39H,1-24H3. The molecule has 0 amide bonds. The maximum Gasteiger partial charge on any atom is 0.0546 e. The minimum absolute atomic E-state index is 0.0211. The molecule has 6 aromatic rings. The number of nitrogens with zero attached hydrogens (tertiary/aromatic N) is 1. The molecule has 1 nitrogen and oxygen atoms in total. The third kappa shape index (κ3) is 7.68. The van der Waals surface area contributed by atoms with E-state index >= 15 is 0 Å². The third-order valence-corrected chi connectivity index (χ3v) is 17.2. The fourth-order valence-corrected chi connectivity index (χ4v) is 12.1. The van der Waals surface area contributed by atoms with E-state index in [0.29, 0.717) is 0 Å². The largest absolute Gasteiger partial charge is 0.309 e. The first kappa shape index (κ1) is 50.1. The molecule has 3 aliphatic rings. The minimum atomic E-state index is -0.228. The molecular weight excluding hydrogens is 843 g/mol. The van der Waals surface area contributed by atoms with Gasteiger partial charge in [0.1, 0.15) is 0 Å². The molecule has 0 unspecified atom stereocenters. The number of rotatable bonds is 3. The Balaban J connectivity index is 1.54. The van der Waals surface area contributed by atoms with Gasteiger partial charge in [-0.05, 0) is 134 Å². The predicted molar refractivity (Wildman–Crippen MR) is 306 cm³/mol. The van der Waals surface area contributed by atoms with Crippen molar-refractivity contribution in [1.29, 1.82) is 0 Å². The predicted octanol–water partition coefficient (Wildman–Crippen LogP) is 19.9. The summed E-state index contributed by atoms with van der Waals surface area (Å²) in [6.45, 7) is 57.7. The summed E-state index contributed by atoms with van der Waals surface area (Å²) in [7, 11) is 0. The van der Waals surface area contributed by atoms with Gasteiger partial charge in [-0.15, -0.1) is 0 Å². The smallest absolute Gasteiger partial charge is 0.0546 e. The van der Waals surface area contributed by atoms with E-state index in [2.05, 4.69) is 262 Å². The quantitative estimate of drug-likeness (QED) is 0.171. The Kier molecular flexibility index (Phi) is 10.8. The number of hydrogen-bond acceptors (Lipinski definition) is 1. The van der Waals surface area contributed by atoms with Gasteiger partial charge in [-0.3, -0.25) is 0 Å². The van der Waals surface area contributed by atoms with Gasteiger partial charge in [-0.1, -0.05) is 239 Å². The van der Waals surface area contributed by atoms with Gasteiger partial charge >= 0.3 is 0 Å². The van der Waals surface area contributed by atoms with Gasteiger partial charge < -0.3 is 4.90 Å². The molecule has 368 valence electrons. The molecule has 0 atom stereocenters. The van der Waals surface area contributed by atoms with Crippen LogP contribution in [0.4, 0.5) is 17.1 Å². The molecule has 6 aromatic carbocycles. The van der Waals surface area contributed by atoms with Gasteiger partial charge in [-0.2, -0.15) is 0 Å². The van der Waals surface area contributed by atoms with Crippen molar-refractivity contribution in [2.75, 3.05) is 4.90 Å². The van der Waals surface area contributed by atoms with Crippen molar-refractivity contribution in [3.05, 3.63) is 158 Å². The zero-order valence-electron chi connectivity index (χ0n) is 48.1. The van der Waals surface area contributed by atoms with Crippen molar-refractivity contribution in [3.63, 3.8) is 0 Å². The number of fused-ring (bicyclic) bond motifs is 9. The first-order valence-electron chi connectivity index (χ1n) is 26.6. The van der Waals surface area contributed by atoms with Crippen LogP contribution in [0, 0.1) is 0 Å². The third-order valence-electron chi connectivity index (χ3n) is 17.2. The van der Waals surface area contributed by atoms with E-state index in [4.69, 9.17) is 0 Å². The average molecular weight is 930 g/mol. The molecule has 0 radical (unpaired) electrons. The Morgan fingerprint density at radius 1 is 0.257 bits per heavy atom. The molecule has 1 heteroatoms. The average Bonchev–Trinajstić information content (AvgIpc) is 3.70. The molecule has 3 aliphatic carbocycles. The molecule has 0 bridgehead atoms. The summed E-state index contributed by atoms with van der Waals surface area (Å²) in [5.41, 5.74) is 27.8. The Hall–Kier alpha value is -4.88. The maximum absolute atomic E-state index is 2.82. The zero-order valence-corrected chi connectivity index (χ0v) is 48.1. The van der Waals surface area contributed by atoms with Gasteiger partial charge in [0, 0.05) is 32.9 Å². The second kappa shape index (κ2) is 15.1. The second-order valence-electron chi connectivity index (χ2n) is 29.7. The van der Waals surface area contributed by atoms with Crippen LogP contribution >= 0.6 is 0 Å². The summed E-state index contributed by atoms with van der Waals surface area (Å²) in [4.78, 5) is 2.82. The van der Waals surface area contributed by atoms with Gasteiger partial charge in [0.25, 0.3) is 0 Å². The van der Waals surface area contributed by atoms with Crippen molar-refractivity contribution in [2.45, 2.75) is 215 Å². The molecular formula is C69H87N. The number of anilines is 3. The lowest BCUT2D eigenvalue weighted by molar-refractivity contribution is 0.580. The Labute approximate surface area is 426 Å². The van der Waals surface area contributed by atoms with Crippen molar-refractivity contribution in [3.8, 4) is 33.4 Å². The van der Waals surface area contributed by atoms with E-state index in [0.717, 1.165) is 0 Å². The van der Waals surface area contributed by atoms with E-state index in [9.17, 15) is 0 Å². The van der Waals surface area contributed by atoms with Gasteiger partial charge in [0.15, 0.2) is 0 Å². The van der Waals surface area contributed by atoms with Crippen LogP contribution < -0.4 is 4.90 Å². The van der Waals surface area contributed by atoms with Crippen LogP contribution in [0.15, 0.2) is 91.0 Å². The molecule has 0 saturated carbocycles. The van der Waals surface area contributed by atoms with E-state index in [1.165, 1.54) is 117 Å². The lowest BCUT2D eigenvalue weighted by Gasteiger charge is -2.37.